The molecule has 2 aromatic carbocycles. The quantitative estimate of drug-likeness (QED) is 0.276. The van der Waals surface area contributed by atoms with E-state index in [1.54, 1.807) is 12.1 Å². The van der Waals surface area contributed by atoms with Crippen LogP contribution in [-0.2, 0) is 33.6 Å². The second kappa shape index (κ2) is 11.5. The monoisotopic (exact) mass is 492 g/mol. The zero-order valence-corrected chi connectivity index (χ0v) is 19.7. The number of rotatable bonds is 11. The Balaban J connectivity index is 1.38. The number of ether oxygens (including phenoxy) is 1. The topological polar surface area (TPSA) is 135 Å². The number of amides is 2. The first kappa shape index (κ1) is 25.0. The summed E-state index contributed by atoms with van der Waals surface area (Å²) in [6.07, 6.45) is 2.99. The molecule has 9 nitrogen and oxygen atoms in total. The SMILES string of the molecule is O=C(O)CCCNC(=O)C(Cc1ccccc1)NC(=O)COc1ccc2c3c(c(=O)oc2c1)CCC3. The van der Waals surface area contributed by atoms with E-state index in [0.29, 0.717) is 11.3 Å². The molecule has 1 aliphatic carbocycles. The van der Waals surface area contributed by atoms with E-state index < -0.39 is 23.8 Å². The van der Waals surface area contributed by atoms with E-state index in [1.165, 1.54) is 0 Å². The molecule has 0 saturated carbocycles. The molecule has 1 unspecified atom stereocenters. The van der Waals surface area contributed by atoms with Crippen molar-refractivity contribution in [1.82, 2.24) is 10.6 Å². The Bertz CT molecular complexity index is 1320. The third-order valence-electron chi connectivity index (χ3n) is 6.12. The highest BCUT2D eigenvalue weighted by Crippen LogP contribution is 2.29. The Morgan fingerprint density at radius 2 is 1.83 bits per heavy atom. The maximum atomic E-state index is 12.7. The lowest BCUT2D eigenvalue weighted by Crippen LogP contribution is -2.49. The first-order valence-electron chi connectivity index (χ1n) is 11.9. The van der Waals surface area contributed by atoms with Crippen molar-refractivity contribution in [2.75, 3.05) is 13.2 Å². The highest BCUT2D eigenvalue weighted by atomic mass is 16.5. The molecule has 1 atom stereocenters. The lowest BCUT2D eigenvalue weighted by atomic mass is 10.1. The van der Waals surface area contributed by atoms with Gasteiger partial charge >= 0.3 is 11.6 Å². The predicted molar refractivity (Wildman–Crippen MR) is 132 cm³/mol. The van der Waals surface area contributed by atoms with E-state index in [9.17, 15) is 19.2 Å². The first-order chi connectivity index (χ1) is 17.4. The second-order valence-electron chi connectivity index (χ2n) is 8.74. The number of fused-ring (bicyclic) bond motifs is 3. The van der Waals surface area contributed by atoms with Crippen molar-refractivity contribution in [2.24, 2.45) is 0 Å². The van der Waals surface area contributed by atoms with Crippen molar-refractivity contribution >= 4 is 28.8 Å². The third kappa shape index (κ3) is 6.29. The molecule has 0 spiro atoms. The number of aryl methyl sites for hydroxylation is 1. The molecule has 3 N–H and O–H groups in total. The predicted octanol–water partition coefficient (Wildman–Crippen LogP) is 2.37. The molecule has 188 valence electrons. The molecule has 1 aliphatic rings. The van der Waals surface area contributed by atoms with Gasteiger partial charge in [0.15, 0.2) is 6.61 Å². The van der Waals surface area contributed by atoms with Gasteiger partial charge in [-0.1, -0.05) is 30.3 Å². The summed E-state index contributed by atoms with van der Waals surface area (Å²) in [7, 11) is 0. The Kier molecular flexibility index (Phi) is 7.99. The minimum Gasteiger partial charge on any atom is -0.484 e. The van der Waals surface area contributed by atoms with E-state index in [2.05, 4.69) is 10.6 Å². The van der Waals surface area contributed by atoms with Crippen molar-refractivity contribution < 1.29 is 28.6 Å². The number of nitrogens with one attached hydrogen (secondary N) is 2. The summed E-state index contributed by atoms with van der Waals surface area (Å²) in [4.78, 5) is 48.3. The minimum absolute atomic E-state index is 0.0570. The second-order valence-corrected chi connectivity index (χ2v) is 8.74. The van der Waals surface area contributed by atoms with Crippen LogP contribution in [-0.4, -0.2) is 42.1 Å². The van der Waals surface area contributed by atoms with Gasteiger partial charge in [0.1, 0.15) is 17.4 Å². The summed E-state index contributed by atoms with van der Waals surface area (Å²) >= 11 is 0. The summed E-state index contributed by atoms with van der Waals surface area (Å²) in [5.74, 6) is -1.46. The Morgan fingerprint density at radius 1 is 1.06 bits per heavy atom. The summed E-state index contributed by atoms with van der Waals surface area (Å²) < 4.78 is 11.1. The molecule has 4 rings (SSSR count). The molecule has 0 aliphatic heterocycles. The average Bonchev–Trinajstić information content (AvgIpc) is 3.36. The Hall–Kier alpha value is -4.14. The fourth-order valence-electron chi connectivity index (χ4n) is 4.37. The van der Waals surface area contributed by atoms with E-state index in [1.807, 2.05) is 36.4 Å². The van der Waals surface area contributed by atoms with Crippen LogP contribution in [0.15, 0.2) is 57.7 Å². The average molecular weight is 493 g/mol. The summed E-state index contributed by atoms with van der Waals surface area (Å²) in [6, 6.07) is 13.6. The molecular weight excluding hydrogens is 464 g/mol. The molecule has 9 heteroatoms. The molecule has 36 heavy (non-hydrogen) atoms. The van der Waals surface area contributed by atoms with Crippen molar-refractivity contribution in [3.8, 4) is 5.75 Å². The van der Waals surface area contributed by atoms with Gasteiger partial charge in [0.25, 0.3) is 5.91 Å². The molecular formula is C27H28N2O7. The highest BCUT2D eigenvalue weighted by molar-refractivity contribution is 5.88. The molecule has 0 saturated heterocycles. The van der Waals surface area contributed by atoms with Gasteiger partial charge in [-0.05, 0) is 48.9 Å². The van der Waals surface area contributed by atoms with E-state index in [4.69, 9.17) is 14.3 Å². The molecule has 1 heterocycles. The first-order valence-corrected chi connectivity index (χ1v) is 11.9. The Morgan fingerprint density at radius 3 is 2.61 bits per heavy atom. The van der Waals surface area contributed by atoms with Gasteiger partial charge in [-0.3, -0.25) is 14.4 Å². The maximum Gasteiger partial charge on any atom is 0.339 e. The molecule has 2 amide bonds. The third-order valence-corrected chi connectivity index (χ3v) is 6.12. The normalized spacial score (nSPS) is 13.1. The van der Waals surface area contributed by atoms with Crippen LogP contribution in [0.4, 0.5) is 0 Å². The van der Waals surface area contributed by atoms with Gasteiger partial charge in [-0.25, -0.2) is 4.79 Å². The minimum atomic E-state index is -0.937. The largest absolute Gasteiger partial charge is 0.484 e. The van der Waals surface area contributed by atoms with Crippen LogP contribution in [0.3, 0.4) is 0 Å². The number of hydrogen-bond acceptors (Lipinski definition) is 6. The molecule has 0 bridgehead atoms. The summed E-state index contributed by atoms with van der Waals surface area (Å²) in [5, 5.41) is 15.0. The van der Waals surface area contributed by atoms with Gasteiger partial charge in [0, 0.05) is 36.4 Å². The van der Waals surface area contributed by atoms with Crippen LogP contribution in [0.25, 0.3) is 11.0 Å². The molecule has 0 radical (unpaired) electrons. The summed E-state index contributed by atoms with van der Waals surface area (Å²) in [5.41, 5.74) is 2.70. The van der Waals surface area contributed by atoms with Gasteiger partial charge in [-0.2, -0.15) is 0 Å². The van der Waals surface area contributed by atoms with Crippen LogP contribution in [0.1, 0.15) is 36.0 Å². The van der Waals surface area contributed by atoms with Gasteiger partial charge in [0.05, 0.1) is 0 Å². The van der Waals surface area contributed by atoms with Crippen molar-refractivity contribution in [3.63, 3.8) is 0 Å². The Labute approximate surface area is 207 Å². The van der Waals surface area contributed by atoms with Crippen molar-refractivity contribution in [2.45, 2.75) is 44.6 Å². The van der Waals surface area contributed by atoms with Crippen LogP contribution in [0, 0.1) is 0 Å². The summed E-state index contributed by atoms with van der Waals surface area (Å²) in [6.45, 7) is -0.146. The zero-order valence-electron chi connectivity index (χ0n) is 19.7. The van der Waals surface area contributed by atoms with Gasteiger partial charge < -0.3 is 24.9 Å². The molecule has 1 aromatic heterocycles. The number of aliphatic carboxylic acids is 1. The van der Waals surface area contributed by atoms with E-state index in [-0.39, 0.29) is 38.0 Å². The van der Waals surface area contributed by atoms with Gasteiger partial charge in [-0.15, -0.1) is 0 Å². The van der Waals surface area contributed by atoms with E-state index >= 15 is 0 Å². The molecule has 3 aromatic rings. The number of carboxylic acid groups (broad SMARTS) is 1. The maximum absolute atomic E-state index is 12.7. The van der Waals surface area contributed by atoms with Crippen molar-refractivity contribution in [1.29, 1.82) is 0 Å². The van der Waals surface area contributed by atoms with Gasteiger partial charge in [0.2, 0.25) is 5.91 Å². The molecule has 0 fully saturated rings. The standard InChI is InChI=1S/C27H28N2O7/c30-24(16-35-18-11-12-20-19-8-4-9-21(19)27(34)36-23(20)15-18)29-22(14-17-6-2-1-3-7-17)26(33)28-13-5-10-25(31)32/h1-3,6-7,11-12,15,22H,4-5,8-10,13-14,16H2,(H,28,33)(H,29,30)(H,31,32). The van der Waals surface area contributed by atoms with E-state index in [0.717, 1.165) is 41.3 Å². The van der Waals surface area contributed by atoms with Crippen molar-refractivity contribution in [3.05, 3.63) is 75.6 Å². The lowest BCUT2D eigenvalue weighted by molar-refractivity contribution is -0.137. The lowest BCUT2D eigenvalue weighted by Gasteiger charge is -2.19. The number of carboxylic acids is 1. The van der Waals surface area contributed by atoms with Crippen LogP contribution < -0.4 is 21.0 Å². The fraction of sp³-hybridized carbons (Fsp3) is 0.333. The van der Waals surface area contributed by atoms with Crippen LogP contribution >= 0.6 is 0 Å². The van der Waals surface area contributed by atoms with Crippen LogP contribution in [0.5, 0.6) is 5.75 Å². The van der Waals surface area contributed by atoms with Crippen LogP contribution in [0.2, 0.25) is 0 Å². The fourth-order valence-corrected chi connectivity index (χ4v) is 4.37. The number of benzene rings is 2. The zero-order chi connectivity index (χ0) is 25.5. The smallest absolute Gasteiger partial charge is 0.339 e. The number of hydrogen-bond donors (Lipinski definition) is 3. The number of carbonyl (C=O) groups excluding carboxylic acids is 2. The number of carbonyl (C=O) groups is 3. The highest BCUT2D eigenvalue weighted by Gasteiger charge is 2.22.